The van der Waals surface area contributed by atoms with Crippen molar-refractivity contribution < 1.29 is 14.3 Å². The summed E-state index contributed by atoms with van der Waals surface area (Å²) in [6, 6.07) is 5.75. The van der Waals surface area contributed by atoms with E-state index in [0.29, 0.717) is 19.0 Å². The third-order valence-electron chi connectivity index (χ3n) is 4.07. The molecule has 2 amide bonds. The van der Waals surface area contributed by atoms with Crippen LogP contribution in [0, 0.1) is 0 Å². The molecule has 3 rings (SSSR count). The fourth-order valence-electron chi connectivity index (χ4n) is 3.11. The van der Waals surface area contributed by atoms with Crippen LogP contribution in [0.25, 0.3) is 0 Å². The Morgan fingerprint density at radius 3 is 3.00 bits per heavy atom. The summed E-state index contributed by atoms with van der Waals surface area (Å²) in [5.41, 5.74) is 0. The Labute approximate surface area is 124 Å². The molecule has 3 atom stereocenters. The minimum absolute atomic E-state index is 0.0392. The highest BCUT2D eigenvalue weighted by atomic mass is 16.5. The van der Waals surface area contributed by atoms with E-state index in [1.54, 1.807) is 25.2 Å². The molecule has 0 N–H and O–H groups in total. The third kappa shape index (κ3) is 2.81. The van der Waals surface area contributed by atoms with E-state index in [0.717, 1.165) is 12.8 Å². The van der Waals surface area contributed by atoms with Gasteiger partial charge in [-0.05, 0) is 18.9 Å². The SMILES string of the molecule is CN(C)C(=O)N1CCO[C@H]2[C@H](Oc3ccccn3)CC[C@@H]21. The van der Waals surface area contributed by atoms with Gasteiger partial charge in [-0.2, -0.15) is 0 Å². The van der Waals surface area contributed by atoms with E-state index in [4.69, 9.17) is 9.47 Å². The van der Waals surface area contributed by atoms with Gasteiger partial charge < -0.3 is 19.3 Å². The lowest BCUT2D eigenvalue weighted by Gasteiger charge is -2.39. The van der Waals surface area contributed by atoms with Crippen LogP contribution in [0.5, 0.6) is 5.88 Å². The Kier molecular flexibility index (Phi) is 3.96. The first-order valence-corrected chi connectivity index (χ1v) is 7.34. The maximum Gasteiger partial charge on any atom is 0.319 e. The van der Waals surface area contributed by atoms with E-state index in [9.17, 15) is 4.79 Å². The van der Waals surface area contributed by atoms with Gasteiger partial charge in [-0.25, -0.2) is 9.78 Å². The average Bonchev–Trinajstić information content (AvgIpc) is 2.90. The van der Waals surface area contributed by atoms with Crippen molar-refractivity contribution in [2.75, 3.05) is 27.2 Å². The predicted octanol–water partition coefficient (Wildman–Crippen LogP) is 1.37. The van der Waals surface area contributed by atoms with Crippen LogP contribution in [0.1, 0.15) is 12.8 Å². The maximum absolute atomic E-state index is 12.2. The molecule has 0 unspecified atom stereocenters. The molecule has 1 saturated heterocycles. The summed E-state index contributed by atoms with van der Waals surface area (Å²) in [7, 11) is 3.56. The minimum atomic E-state index is -0.0651. The summed E-state index contributed by atoms with van der Waals surface area (Å²) in [6.45, 7) is 1.21. The van der Waals surface area contributed by atoms with Crippen LogP contribution < -0.4 is 4.74 Å². The van der Waals surface area contributed by atoms with Crippen LogP contribution in [-0.2, 0) is 4.74 Å². The zero-order valence-corrected chi connectivity index (χ0v) is 12.4. The van der Waals surface area contributed by atoms with Crippen molar-refractivity contribution in [3.05, 3.63) is 24.4 Å². The van der Waals surface area contributed by atoms with Gasteiger partial charge in [0, 0.05) is 32.9 Å². The van der Waals surface area contributed by atoms with Gasteiger partial charge in [0.15, 0.2) is 0 Å². The molecule has 2 fully saturated rings. The molecule has 1 aliphatic carbocycles. The molecular weight excluding hydrogens is 270 g/mol. The van der Waals surface area contributed by atoms with Crippen molar-refractivity contribution in [3.63, 3.8) is 0 Å². The van der Waals surface area contributed by atoms with Crippen molar-refractivity contribution in [3.8, 4) is 5.88 Å². The Morgan fingerprint density at radius 1 is 1.43 bits per heavy atom. The number of ether oxygens (including phenoxy) is 2. The molecule has 1 saturated carbocycles. The number of rotatable bonds is 2. The molecule has 6 nitrogen and oxygen atoms in total. The second-order valence-corrected chi connectivity index (χ2v) is 5.67. The van der Waals surface area contributed by atoms with Gasteiger partial charge in [0.05, 0.1) is 12.6 Å². The monoisotopic (exact) mass is 291 g/mol. The molecule has 21 heavy (non-hydrogen) atoms. The van der Waals surface area contributed by atoms with Crippen molar-refractivity contribution in [2.45, 2.75) is 31.1 Å². The van der Waals surface area contributed by atoms with E-state index in [-0.39, 0.29) is 24.3 Å². The van der Waals surface area contributed by atoms with Crippen LogP contribution in [-0.4, -0.2) is 66.3 Å². The number of hydrogen-bond donors (Lipinski definition) is 0. The van der Waals surface area contributed by atoms with E-state index < -0.39 is 0 Å². The first kappa shape index (κ1) is 14.1. The number of carbonyl (C=O) groups is 1. The topological polar surface area (TPSA) is 54.9 Å². The van der Waals surface area contributed by atoms with Gasteiger partial charge in [-0.15, -0.1) is 0 Å². The Morgan fingerprint density at radius 2 is 2.29 bits per heavy atom. The van der Waals surface area contributed by atoms with Crippen molar-refractivity contribution in [1.82, 2.24) is 14.8 Å². The zero-order valence-electron chi connectivity index (χ0n) is 12.4. The number of nitrogens with zero attached hydrogens (tertiary/aromatic N) is 3. The molecule has 2 heterocycles. The smallest absolute Gasteiger partial charge is 0.319 e. The van der Waals surface area contributed by atoms with E-state index in [1.807, 2.05) is 23.1 Å². The number of fused-ring (bicyclic) bond motifs is 1. The fraction of sp³-hybridized carbons (Fsp3) is 0.600. The highest BCUT2D eigenvalue weighted by Gasteiger charge is 2.46. The van der Waals surface area contributed by atoms with Crippen LogP contribution >= 0.6 is 0 Å². The molecule has 1 aromatic heterocycles. The van der Waals surface area contributed by atoms with Gasteiger partial charge in [0.25, 0.3) is 0 Å². The summed E-state index contributed by atoms with van der Waals surface area (Å²) in [6.07, 6.45) is 3.39. The standard InChI is InChI=1S/C15H21N3O3/c1-17(2)15(19)18-9-10-20-14-11(18)6-7-12(14)21-13-5-3-4-8-16-13/h3-5,8,11-12,14H,6-7,9-10H2,1-2H3/t11-,12+,14+/m0/s1. The molecule has 114 valence electrons. The van der Waals surface area contributed by atoms with Gasteiger partial charge >= 0.3 is 6.03 Å². The predicted molar refractivity (Wildman–Crippen MR) is 77.2 cm³/mol. The van der Waals surface area contributed by atoms with Crippen LogP contribution in [0.4, 0.5) is 4.79 Å². The number of amides is 2. The van der Waals surface area contributed by atoms with Gasteiger partial charge in [-0.1, -0.05) is 6.07 Å². The lowest BCUT2D eigenvalue weighted by atomic mass is 10.1. The van der Waals surface area contributed by atoms with E-state index in [1.165, 1.54) is 0 Å². The molecule has 0 aromatic carbocycles. The first-order valence-electron chi connectivity index (χ1n) is 7.34. The number of pyridine rings is 1. The molecule has 0 spiro atoms. The lowest BCUT2D eigenvalue weighted by molar-refractivity contribution is -0.0785. The molecule has 6 heteroatoms. The number of carbonyl (C=O) groups excluding carboxylic acids is 1. The molecule has 0 bridgehead atoms. The minimum Gasteiger partial charge on any atom is -0.471 e. The number of hydrogen-bond acceptors (Lipinski definition) is 4. The zero-order chi connectivity index (χ0) is 14.8. The van der Waals surface area contributed by atoms with Gasteiger partial charge in [0.1, 0.15) is 12.2 Å². The van der Waals surface area contributed by atoms with Gasteiger partial charge in [0.2, 0.25) is 5.88 Å². The molecular formula is C15H21N3O3. The Hall–Kier alpha value is -1.82. The molecule has 1 aliphatic heterocycles. The summed E-state index contributed by atoms with van der Waals surface area (Å²) in [5, 5.41) is 0. The number of aromatic nitrogens is 1. The van der Waals surface area contributed by atoms with Crippen LogP contribution in [0.15, 0.2) is 24.4 Å². The highest BCUT2D eigenvalue weighted by molar-refractivity contribution is 5.74. The number of morpholine rings is 1. The summed E-state index contributed by atoms with van der Waals surface area (Å²) < 4.78 is 11.8. The Bertz CT molecular complexity index is 494. The summed E-state index contributed by atoms with van der Waals surface area (Å²) >= 11 is 0. The molecule has 2 aliphatic rings. The fourth-order valence-corrected chi connectivity index (χ4v) is 3.11. The largest absolute Gasteiger partial charge is 0.471 e. The van der Waals surface area contributed by atoms with Gasteiger partial charge in [-0.3, -0.25) is 0 Å². The Balaban J connectivity index is 1.70. The summed E-state index contributed by atoms with van der Waals surface area (Å²) in [4.78, 5) is 20.0. The average molecular weight is 291 g/mol. The molecule has 1 aromatic rings. The second kappa shape index (κ2) is 5.89. The molecule has 0 radical (unpaired) electrons. The van der Waals surface area contributed by atoms with E-state index >= 15 is 0 Å². The normalized spacial score (nSPS) is 28.1. The highest BCUT2D eigenvalue weighted by Crippen LogP contribution is 2.32. The quantitative estimate of drug-likeness (QED) is 0.826. The first-order chi connectivity index (χ1) is 10.2. The summed E-state index contributed by atoms with van der Waals surface area (Å²) in [5.74, 6) is 0.614. The maximum atomic E-state index is 12.2. The lowest BCUT2D eigenvalue weighted by Crippen LogP contribution is -2.56. The van der Waals surface area contributed by atoms with E-state index in [2.05, 4.69) is 4.98 Å². The van der Waals surface area contributed by atoms with Crippen molar-refractivity contribution >= 4 is 6.03 Å². The van der Waals surface area contributed by atoms with Crippen molar-refractivity contribution in [2.24, 2.45) is 0 Å². The van der Waals surface area contributed by atoms with Crippen LogP contribution in [0.3, 0.4) is 0 Å². The van der Waals surface area contributed by atoms with Crippen molar-refractivity contribution in [1.29, 1.82) is 0 Å². The third-order valence-corrected chi connectivity index (χ3v) is 4.07. The second-order valence-electron chi connectivity index (χ2n) is 5.67. The van der Waals surface area contributed by atoms with Crippen LogP contribution in [0.2, 0.25) is 0 Å². The number of urea groups is 1.